The molecule has 2 fully saturated rings. The number of hydrazone groups is 1. The van der Waals surface area contributed by atoms with E-state index < -0.39 is 29.7 Å². The number of nitrogens with zero attached hydrogens (tertiary/aromatic N) is 4. The quantitative estimate of drug-likeness (QED) is 0.192. The van der Waals surface area contributed by atoms with Gasteiger partial charge in [-0.1, -0.05) is 74.9 Å². The molecule has 0 spiro atoms. The molecule has 0 aromatic heterocycles. The molecule has 270 valence electrons. The molecule has 2 atom stereocenters. The Morgan fingerprint density at radius 2 is 1.49 bits per heavy atom. The summed E-state index contributed by atoms with van der Waals surface area (Å²) in [7, 11) is 0. The van der Waals surface area contributed by atoms with Crippen LogP contribution < -0.4 is 10.6 Å². The van der Waals surface area contributed by atoms with Crippen LogP contribution in [0, 0.1) is 5.92 Å². The highest BCUT2D eigenvalue weighted by Gasteiger charge is 2.45. The van der Waals surface area contributed by atoms with Crippen molar-refractivity contribution in [1.82, 2.24) is 20.1 Å². The van der Waals surface area contributed by atoms with E-state index in [-0.39, 0.29) is 47.7 Å². The minimum Gasteiger partial charge on any atom is -0.384 e. The minimum absolute atomic E-state index is 0.0405. The maximum Gasteiger partial charge on any atom is 0.264 e. The number of benzene rings is 2. The van der Waals surface area contributed by atoms with Crippen molar-refractivity contribution in [2.24, 2.45) is 11.0 Å². The van der Waals surface area contributed by atoms with Crippen LogP contribution in [-0.4, -0.2) is 82.1 Å². The van der Waals surface area contributed by atoms with Gasteiger partial charge >= 0.3 is 0 Å². The van der Waals surface area contributed by atoms with Crippen molar-refractivity contribution >= 4 is 47.3 Å². The molecule has 12 heteroatoms. The summed E-state index contributed by atoms with van der Waals surface area (Å²) in [6.07, 6.45) is 13.0. The number of anilines is 1. The SMILES string of the molecule is O=C1CCC(N2C(=O)c3cccc(NCCCCCCCCCCC(=O)N4CCC(C(=O)N5N=CCC5c5ccccc5)CC4)c3C2=O)C(=O)N1. The van der Waals surface area contributed by atoms with E-state index in [9.17, 15) is 28.8 Å². The average molecular weight is 697 g/mol. The van der Waals surface area contributed by atoms with Gasteiger partial charge in [-0.15, -0.1) is 0 Å². The van der Waals surface area contributed by atoms with Crippen molar-refractivity contribution in [3.8, 4) is 0 Å². The summed E-state index contributed by atoms with van der Waals surface area (Å²) in [6.45, 7) is 1.91. The van der Waals surface area contributed by atoms with E-state index in [4.69, 9.17) is 0 Å². The second-order valence-electron chi connectivity index (χ2n) is 14.0. The summed E-state index contributed by atoms with van der Waals surface area (Å²) in [6, 6.07) is 14.1. The van der Waals surface area contributed by atoms with E-state index in [0.29, 0.717) is 44.6 Å². The molecule has 0 saturated carbocycles. The smallest absolute Gasteiger partial charge is 0.264 e. The number of fused-ring (bicyclic) bond motifs is 1. The lowest BCUT2D eigenvalue weighted by Crippen LogP contribution is -2.54. The van der Waals surface area contributed by atoms with Crippen molar-refractivity contribution in [3.63, 3.8) is 0 Å². The van der Waals surface area contributed by atoms with Gasteiger partial charge in [-0.05, 0) is 49.8 Å². The van der Waals surface area contributed by atoms with Gasteiger partial charge in [0.2, 0.25) is 23.6 Å². The Bertz CT molecular complexity index is 1650. The number of hydrogen-bond donors (Lipinski definition) is 2. The maximum atomic E-state index is 13.3. The number of hydrogen-bond acceptors (Lipinski definition) is 8. The van der Waals surface area contributed by atoms with Gasteiger partial charge < -0.3 is 10.2 Å². The van der Waals surface area contributed by atoms with E-state index in [0.717, 1.165) is 68.3 Å². The zero-order valence-corrected chi connectivity index (χ0v) is 29.2. The first-order valence-corrected chi connectivity index (χ1v) is 18.6. The molecule has 6 amide bonds. The number of likely N-dealkylation sites (tertiary alicyclic amines) is 1. The number of nitrogens with one attached hydrogen (secondary N) is 2. The highest BCUT2D eigenvalue weighted by atomic mass is 16.2. The molecule has 2 aromatic rings. The van der Waals surface area contributed by atoms with Crippen LogP contribution in [0.25, 0.3) is 0 Å². The van der Waals surface area contributed by atoms with Crippen LogP contribution in [0.3, 0.4) is 0 Å². The highest BCUT2D eigenvalue weighted by molar-refractivity contribution is 6.25. The first kappa shape index (κ1) is 35.9. The monoisotopic (exact) mass is 696 g/mol. The summed E-state index contributed by atoms with van der Waals surface area (Å²) in [5, 5.41) is 11.6. The summed E-state index contributed by atoms with van der Waals surface area (Å²) in [4.78, 5) is 79.2. The average Bonchev–Trinajstić information content (AvgIpc) is 3.74. The predicted octanol–water partition coefficient (Wildman–Crippen LogP) is 5.21. The molecule has 2 unspecified atom stereocenters. The van der Waals surface area contributed by atoms with Gasteiger partial charge in [-0.3, -0.25) is 39.0 Å². The lowest BCUT2D eigenvalue weighted by Gasteiger charge is -2.34. The number of imide groups is 2. The lowest BCUT2D eigenvalue weighted by atomic mass is 9.94. The van der Waals surface area contributed by atoms with Gasteiger partial charge in [-0.25, -0.2) is 5.01 Å². The molecule has 0 radical (unpaired) electrons. The molecular formula is C39H48N6O6. The second-order valence-corrected chi connectivity index (χ2v) is 14.0. The Balaban J connectivity index is 0.810. The van der Waals surface area contributed by atoms with E-state index >= 15 is 0 Å². The molecule has 2 N–H and O–H groups in total. The van der Waals surface area contributed by atoms with Crippen LogP contribution in [0.5, 0.6) is 0 Å². The number of carbonyl (C=O) groups excluding carboxylic acids is 6. The third-order valence-corrected chi connectivity index (χ3v) is 10.5. The number of carbonyl (C=O) groups is 6. The number of piperidine rings is 2. The van der Waals surface area contributed by atoms with Crippen molar-refractivity contribution in [3.05, 3.63) is 65.2 Å². The fourth-order valence-electron chi connectivity index (χ4n) is 7.65. The van der Waals surface area contributed by atoms with E-state index in [2.05, 4.69) is 15.7 Å². The summed E-state index contributed by atoms with van der Waals surface area (Å²) >= 11 is 0. The Morgan fingerprint density at radius 1 is 0.784 bits per heavy atom. The van der Waals surface area contributed by atoms with Crippen LogP contribution in [0.1, 0.15) is 122 Å². The first-order chi connectivity index (χ1) is 24.8. The zero-order chi connectivity index (χ0) is 35.7. The molecule has 0 aliphatic carbocycles. The summed E-state index contributed by atoms with van der Waals surface area (Å²) < 4.78 is 0. The Kier molecular flexibility index (Phi) is 11.9. The Hall–Kier alpha value is -4.87. The van der Waals surface area contributed by atoms with Crippen LogP contribution in [0.4, 0.5) is 5.69 Å². The van der Waals surface area contributed by atoms with Gasteiger partial charge in [-0.2, -0.15) is 5.10 Å². The van der Waals surface area contributed by atoms with Crippen molar-refractivity contribution in [1.29, 1.82) is 0 Å². The topological polar surface area (TPSA) is 149 Å². The molecule has 4 aliphatic heterocycles. The third-order valence-electron chi connectivity index (χ3n) is 10.5. The van der Waals surface area contributed by atoms with Gasteiger partial charge in [0.1, 0.15) is 6.04 Å². The van der Waals surface area contributed by atoms with Gasteiger partial charge in [0.15, 0.2) is 0 Å². The molecule has 4 heterocycles. The van der Waals surface area contributed by atoms with E-state index in [1.807, 2.05) is 41.4 Å². The lowest BCUT2D eigenvalue weighted by molar-refractivity contribution is -0.142. The highest BCUT2D eigenvalue weighted by Crippen LogP contribution is 2.33. The summed E-state index contributed by atoms with van der Waals surface area (Å²) in [5.74, 6) is -1.86. The number of rotatable bonds is 15. The van der Waals surface area contributed by atoms with Crippen LogP contribution >= 0.6 is 0 Å². The molecule has 6 rings (SSSR count). The molecule has 4 aliphatic rings. The first-order valence-electron chi connectivity index (χ1n) is 18.6. The molecule has 51 heavy (non-hydrogen) atoms. The maximum absolute atomic E-state index is 13.3. The number of amides is 6. The normalized spacial score (nSPS) is 20.6. The zero-order valence-electron chi connectivity index (χ0n) is 29.2. The van der Waals surface area contributed by atoms with Crippen molar-refractivity contribution in [2.75, 3.05) is 25.0 Å². The Labute approximate surface area is 299 Å². The fourth-order valence-corrected chi connectivity index (χ4v) is 7.65. The van der Waals surface area contributed by atoms with Crippen molar-refractivity contribution in [2.45, 2.75) is 102 Å². The van der Waals surface area contributed by atoms with E-state index in [1.54, 1.807) is 23.2 Å². The molecular weight excluding hydrogens is 648 g/mol. The van der Waals surface area contributed by atoms with Crippen LogP contribution in [-0.2, 0) is 19.2 Å². The van der Waals surface area contributed by atoms with Crippen LogP contribution in [0.2, 0.25) is 0 Å². The van der Waals surface area contributed by atoms with Gasteiger partial charge in [0, 0.05) is 56.7 Å². The molecule has 0 bridgehead atoms. The largest absolute Gasteiger partial charge is 0.384 e. The fraction of sp³-hybridized carbons (Fsp3) is 0.513. The van der Waals surface area contributed by atoms with Gasteiger partial charge in [0.25, 0.3) is 11.8 Å². The van der Waals surface area contributed by atoms with Crippen molar-refractivity contribution < 1.29 is 28.8 Å². The molecule has 12 nitrogen and oxygen atoms in total. The van der Waals surface area contributed by atoms with Gasteiger partial charge in [0.05, 0.1) is 17.2 Å². The third kappa shape index (κ3) is 8.37. The predicted molar refractivity (Wildman–Crippen MR) is 192 cm³/mol. The standard InChI is InChI=1S/C39H48N6O6/c46-33-19-18-32(36(48)42-33)44-38(50)29-15-12-16-30(35(29)39(44)51)40-23-11-6-4-2-1-3-5-10-17-34(47)43-25-21-28(22-26-43)37(49)45-31(20-24-41-45)27-13-8-7-9-14-27/h7-9,12-16,24,28,31-32,40H,1-6,10-11,17-23,25-26H2,(H,42,46,48). The number of unbranched alkanes of at least 4 members (excludes halogenated alkanes) is 7. The summed E-state index contributed by atoms with van der Waals surface area (Å²) in [5.41, 5.74) is 2.24. The molecule has 2 aromatic carbocycles. The molecule has 2 saturated heterocycles. The Morgan fingerprint density at radius 3 is 2.22 bits per heavy atom. The second kappa shape index (κ2) is 16.9. The minimum atomic E-state index is -0.977. The van der Waals surface area contributed by atoms with Crippen LogP contribution in [0.15, 0.2) is 53.6 Å². The van der Waals surface area contributed by atoms with E-state index in [1.165, 1.54) is 0 Å².